The van der Waals surface area contributed by atoms with Gasteiger partial charge in [0.1, 0.15) is 5.56 Å². The Morgan fingerprint density at radius 3 is 2.93 bits per heavy atom. The first-order chi connectivity index (χ1) is 7.15. The van der Waals surface area contributed by atoms with Crippen molar-refractivity contribution in [1.29, 1.82) is 0 Å². The van der Waals surface area contributed by atoms with E-state index < -0.39 is 5.97 Å². The molecule has 0 spiro atoms. The summed E-state index contributed by atoms with van der Waals surface area (Å²) in [6.45, 7) is 0. The highest BCUT2D eigenvalue weighted by atomic mass is 35.5. The number of nitrogens with one attached hydrogen (secondary N) is 1. The number of hydrogen-bond acceptors (Lipinski definition) is 3. The summed E-state index contributed by atoms with van der Waals surface area (Å²) in [5, 5.41) is 12.8. The van der Waals surface area contributed by atoms with E-state index in [1.165, 1.54) is 12.3 Å². The molecular formula is C9H7ClNO3P. The van der Waals surface area contributed by atoms with E-state index >= 15 is 0 Å². The van der Waals surface area contributed by atoms with Crippen LogP contribution in [0.15, 0.2) is 22.8 Å². The van der Waals surface area contributed by atoms with Crippen molar-refractivity contribution in [3.63, 3.8) is 0 Å². The Bertz CT molecular complexity index is 537. The van der Waals surface area contributed by atoms with Crippen molar-refractivity contribution in [2.45, 2.75) is 0 Å². The van der Waals surface area contributed by atoms with Gasteiger partial charge in [-0.05, 0) is 21.5 Å². The second-order valence-corrected chi connectivity index (χ2v) is 3.59. The van der Waals surface area contributed by atoms with Crippen LogP contribution in [0.1, 0.15) is 10.4 Å². The summed E-state index contributed by atoms with van der Waals surface area (Å²) in [5.74, 6) is -1.06. The lowest BCUT2D eigenvalue weighted by Gasteiger charge is -2.06. The predicted octanol–water partition coefficient (Wildman–Crippen LogP) is 2.99. The number of furan rings is 1. The zero-order valence-electron chi connectivity index (χ0n) is 7.45. The third-order valence-corrected chi connectivity index (χ3v) is 2.65. The van der Waals surface area contributed by atoms with Crippen LogP contribution in [0.3, 0.4) is 0 Å². The van der Waals surface area contributed by atoms with Crippen molar-refractivity contribution in [1.82, 2.24) is 0 Å². The number of hydrogen-bond donors (Lipinski definition) is 2. The number of aromatic carboxylic acids is 1. The Kier molecular flexibility index (Phi) is 2.55. The van der Waals surface area contributed by atoms with Crippen LogP contribution in [-0.2, 0) is 0 Å². The fraction of sp³-hybridized carbons (Fsp3) is 0. The molecule has 1 heterocycles. The topological polar surface area (TPSA) is 62.5 Å². The number of carboxylic acids is 1. The molecule has 0 saturated heterocycles. The van der Waals surface area contributed by atoms with E-state index in [1.54, 1.807) is 6.07 Å². The van der Waals surface area contributed by atoms with E-state index in [9.17, 15) is 4.79 Å². The molecule has 0 aliphatic heterocycles. The van der Waals surface area contributed by atoms with Crippen LogP contribution in [0.25, 0.3) is 11.0 Å². The number of fused-ring (bicyclic) bond motifs is 1. The summed E-state index contributed by atoms with van der Waals surface area (Å²) in [7, 11) is 2.31. The van der Waals surface area contributed by atoms with Gasteiger partial charge in [-0.3, -0.25) is 0 Å². The molecule has 2 aromatic rings. The van der Waals surface area contributed by atoms with E-state index in [4.69, 9.17) is 21.1 Å². The molecule has 1 aromatic heterocycles. The normalized spacial score (nSPS) is 10.5. The Morgan fingerprint density at radius 1 is 1.60 bits per heavy atom. The third-order valence-electron chi connectivity index (χ3n) is 2.06. The highest BCUT2D eigenvalue weighted by Gasteiger charge is 2.16. The van der Waals surface area contributed by atoms with Gasteiger partial charge in [0, 0.05) is 5.39 Å². The zero-order valence-corrected chi connectivity index (χ0v) is 9.36. The Morgan fingerprint density at radius 2 is 2.33 bits per heavy atom. The molecule has 15 heavy (non-hydrogen) atoms. The Hall–Kier alpha value is -1.25. The molecule has 78 valence electrons. The van der Waals surface area contributed by atoms with Gasteiger partial charge in [0.05, 0.1) is 17.0 Å². The average molecular weight is 244 g/mol. The molecule has 0 saturated carbocycles. The minimum absolute atomic E-state index is 0.0593. The zero-order chi connectivity index (χ0) is 11.0. The Labute approximate surface area is 92.5 Å². The minimum atomic E-state index is -1.06. The highest BCUT2D eigenvalue weighted by Crippen LogP contribution is 2.35. The largest absolute Gasteiger partial charge is 0.478 e. The number of anilines is 1. The van der Waals surface area contributed by atoms with E-state index in [-0.39, 0.29) is 5.56 Å². The number of carbonyl (C=O) groups is 1. The third kappa shape index (κ3) is 1.56. The summed E-state index contributed by atoms with van der Waals surface area (Å²) < 4.78 is 5.12. The van der Waals surface area contributed by atoms with E-state index in [2.05, 4.69) is 14.5 Å². The molecule has 0 fully saturated rings. The van der Waals surface area contributed by atoms with Gasteiger partial charge in [-0.15, -0.1) is 0 Å². The molecule has 0 aliphatic carbocycles. The maximum atomic E-state index is 10.9. The second kappa shape index (κ2) is 3.72. The fourth-order valence-electron chi connectivity index (χ4n) is 1.41. The summed E-state index contributed by atoms with van der Waals surface area (Å²) in [4.78, 5) is 10.9. The van der Waals surface area contributed by atoms with Gasteiger partial charge < -0.3 is 14.6 Å². The van der Waals surface area contributed by atoms with Crippen LogP contribution in [0.4, 0.5) is 5.69 Å². The lowest BCUT2D eigenvalue weighted by molar-refractivity contribution is 0.0698. The van der Waals surface area contributed by atoms with Gasteiger partial charge in [0.15, 0.2) is 5.58 Å². The first-order valence-corrected chi connectivity index (χ1v) is 5.00. The van der Waals surface area contributed by atoms with Crippen molar-refractivity contribution in [2.24, 2.45) is 0 Å². The van der Waals surface area contributed by atoms with Gasteiger partial charge in [-0.25, -0.2) is 4.79 Å². The van der Waals surface area contributed by atoms with E-state index in [0.29, 0.717) is 21.7 Å². The van der Waals surface area contributed by atoms with Crippen molar-refractivity contribution in [3.05, 3.63) is 29.0 Å². The van der Waals surface area contributed by atoms with Crippen LogP contribution in [0.2, 0.25) is 5.02 Å². The maximum absolute atomic E-state index is 10.9. The highest BCUT2D eigenvalue weighted by molar-refractivity contribution is 7.18. The molecule has 0 amide bonds. The summed E-state index contributed by atoms with van der Waals surface area (Å²) in [6.07, 6.45) is 1.43. The van der Waals surface area contributed by atoms with Gasteiger partial charge in [0.2, 0.25) is 0 Å². The standard InChI is InChI=1S/C9H7ClNO3P/c10-6-3-5(9(12)13)8-4(1-2-14-8)7(6)11-15/h1-3,11H,15H2,(H,12,13). The molecule has 1 aromatic carbocycles. The smallest absolute Gasteiger partial charge is 0.339 e. The second-order valence-electron chi connectivity index (χ2n) is 2.89. The van der Waals surface area contributed by atoms with E-state index in [1.807, 2.05) is 0 Å². The van der Waals surface area contributed by atoms with Gasteiger partial charge >= 0.3 is 5.97 Å². The molecule has 2 N–H and O–H groups in total. The van der Waals surface area contributed by atoms with E-state index in [0.717, 1.165) is 0 Å². The molecule has 6 heteroatoms. The van der Waals surface area contributed by atoms with Crippen molar-refractivity contribution in [3.8, 4) is 0 Å². The van der Waals surface area contributed by atoms with Crippen LogP contribution in [0, 0.1) is 0 Å². The maximum Gasteiger partial charge on any atom is 0.339 e. The molecule has 0 bridgehead atoms. The Balaban J connectivity index is 2.86. The minimum Gasteiger partial charge on any atom is -0.478 e. The molecule has 1 atom stereocenters. The quantitative estimate of drug-likeness (QED) is 0.796. The number of halogens is 1. The first kappa shape index (κ1) is 10.3. The van der Waals surface area contributed by atoms with Crippen LogP contribution in [0.5, 0.6) is 0 Å². The predicted molar refractivity (Wildman–Crippen MR) is 61.5 cm³/mol. The monoisotopic (exact) mass is 243 g/mol. The van der Waals surface area contributed by atoms with Crippen LogP contribution in [-0.4, -0.2) is 11.1 Å². The van der Waals surface area contributed by atoms with Crippen molar-refractivity contribution < 1.29 is 14.3 Å². The average Bonchev–Trinajstić information content (AvgIpc) is 2.64. The molecule has 0 aliphatic rings. The molecule has 4 nitrogen and oxygen atoms in total. The molecular weight excluding hydrogens is 237 g/mol. The SMILES string of the molecule is O=C(O)c1cc(Cl)c(NP)c2ccoc12. The van der Waals surface area contributed by atoms with Crippen LogP contribution < -0.4 is 5.09 Å². The summed E-state index contributed by atoms with van der Waals surface area (Å²) >= 11 is 5.93. The van der Waals surface area contributed by atoms with Gasteiger partial charge in [-0.2, -0.15) is 0 Å². The molecule has 1 unspecified atom stereocenters. The molecule has 2 rings (SSSR count). The molecule has 0 radical (unpaired) electrons. The number of carboxylic acid groups (broad SMARTS) is 1. The number of benzene rings is 1. The first-order valence-electron chi connectivity index (χ1n) is 4.04. The number of rotatable bonds is 2. The van der Waals surface area contributed by atoms with Crippen LogP contribution >= 0.6 is 21.0 Å². The van der Waals surface area contributed by atoms with Gasteiger partial charge in [0.25, 0.3) is 0 Å². The lowest BCUT2D eigenvalue weighted by atomic mass is 10.1. The summed E-state index contributed by atoms with van der Waals surface area (Å²) in [6, 6.07) is 3.03. The lowest BCUT2D eigenvalue weighted by Crippen LogP contribution is -1.97. The fourth-order valence-corrected chi connectivity index (χ4v) is 2.08. The van der Waals surface area contributed by atoms with Crippen molar-refractivity contribution >= 4 is 43.6 Å². The van der Waals surface area contributed by atoms with Gasteiger partial charge in [-0.1, -0.05) is 11.6 Å². The van der Waals surface area contributed by atoms with Crippen molar-refractivity contribution in [2.75, 3.05) is 5.09 Å². The summed E-state index contributed by atoms with van der Waals surface area (Å²) in [5.41, 5.74) is 1.01.